The molecule has 0 aromatic heterocycles. The highest BCUT2D eigenvalue weighted by atomic mass is 16.1. The third-order valence-corrected chi connectivity index (χ3v) is 5.03. The SMILES string of the molecule is CCC(CC(=O)NC1CC2CCC(C1)N2)c1ccccc1. The summed E-state index contributed by atoms with van der Waals surface area (Å²) in [4.78, 5) is 12.4. The lowest BCUT2D eigenvalue weighted by Crippen LogP contribution is -2.48. The minimum absolute atomic E-state index is 0.219. The minimum atomic E-state index is 0.219. The van der Waals surface area contributed by atoms with Crippen LogP contribution in [0, 0.1) is 0 Å². The molecule has 1 aromatic rings. The van der Waals surface area contributed by atoms with Gasteiger partial charge in [0.05, 0.1) is 0 Å². The van der Waals surface area contributed by atoms with E-state index in [0.29, 0.717) is 30.5 Å². The summed E-state index contributed by atoms with van der Waals surface area (Å²) in [6.07, 6.45) is 6.38. The number of carbonyl (C=O) groups is 1. The Hall–Kier alpha value is -1.35. The van der Waals surface area contributed by atoms with Crippen molar-refractivity contribution in [1.29, 1.82) is 0 Å². The van der Waals surface area contributed by atoms with Crippen molar-refractivity contribution in [2.75, 3.05) is 0 Å². The van der Waals surface area contributed by atoms with Crippen molar-refractivity contribution in [3.05, 3.63) is 35.9 Å². The first-order chi connectivity index (χ1) is 10.2. The zero-order chi connectivity index (χ0) is 14.7. The summed E-state index contributed by atoms with van der Waals surface area (Å²) in [6, 6.07) is 12.0. The highest BCUT2D eigenvalue weighted by Gasteiger charge is 2.34. The molecule has 2 aliphatic heterocycles. The van der Waals surface area contributed by atoms with Crippen LogP contribution in [0.25, 0.3) is 0 Å². The van der Waals surface area contributed by atoms with Crippen LogP contribution in [0.3, 0.4) is 0 Å². The third kappa shape index (κ3) is 3.65. The van der Waals surface area contributed by atoms with Gasteiger partial charge in [0.2, 0.25) is 5.91 Å². The van der Waals surface area contributed by atoms with Gasteiger partial charge in [-0.25, -0.2) is 0 Å². The van der Waals surface area contributed by atoms with Gasteiger partial charge in [0.25, 0.3) is 0 Å². The van der Waals surface area contributed by atoms with Crippen LogP contribution in [0.15, 0.2) is 30.3 Å². The van der Waals surface area contributed by atoms with E-state index in [1.165, 1.54) is 18.4 Å². The molecule has 3 heteroatoms. The molecule has 2 heterocycles. The Balaban J connectivity index is 1.53. The van der Waals surface area contributed by atoms with Crippen LogP contribution in [0.5, 0.6) is 0 Å². The molecule has 0 saturated carbocycles. The minimum Gasteiger partial charge on any atom is -0.353 e. The molecule has 2 bridgehead atoms. The van der Waals surface area contributed by atoms with Gasteiger partial charge in [-0.1, -0.05) is 37.3 Å². The van der Waals surface area contributed by atoms with Gasteiger partial charge in [0.1, 0.15) is 0 Å². The summed E-state index contributed by atoms with van der Waals surface area (Å²) < 4.78 is 0. The smallest absolute Gasteiger partial charge is 0.220 e. The molecule has 2 N–H and O–H groups in total. The van der Waals surface area contributed by atoms with Gasteiger partial charge in [-0.3, -0.25) is 4.79 Å². The molecule has 114 valence electrons. The number of rotatable bonds is 5. The van der Waals surface area contributed by atoms with E-state index >= 15 is 0 Å². The van der Waals surface area contributed by atoms with Crippen molar-refractivity contribution >= 4 is 5.91 Å². The van der Waals surface area contributed by atoms with Gasteiger partial charge in [-0.2, -0.15) is 0 Å². The van der Waals surface area contributed by atoms with Crippen LogP contribution in [-0.2, 0) is 4.79 Å². The Morgan fingerprint density at radius 2 is 1.90 bits per heavy atom. The second kappa shape index (κ2) is 6.61. The predicted octanol–water partition coefficient (Wildman–Crippen LogP) is 2.97. The maximum Gasteiger partial charge on any atom is 0.220 e. The number of hydrogen-bond acceptors (Lipinski definition) is 2. The Bertz CT molecular complexity index is 461. The van der Waals surface area contributed by atoms with Crippen LogP contribution in [0.2, 0.25) is 0 Å². The number of carbonyl (C=O) groups excluding carboxylic acids is 1. The van der Waals surface area contributed by atoms with Crippen molar-refractivity contribution in [1.82, 2.24) is 10.6 Å². The van der Waals surface area contributed by atoms with Crippen LogP contribution >= 0.6 is 0 Å². The summed E-state index contributed by atoms with van der Waals surface area (Å²) in [7, 11) is 0. The first-order valence-electron chi connectivity index (χ1n) is 8.35. The van der Waals surface area contributed by atoms with E-state index in [4.69, 9.17) is 0 Å². The number of fused-ring (bicyclic) bond motifs is 2. The number of nitrogens with one attached hydrogen (secondary N) is 2. The molecule has 2 aliphatic rings. The number of hydrogen-bond donors (Lipinski definition) is 2. The maximum atomic E-state index is 12.4. The first-order valence-corrected chi connectivity index (χ1v) is 8.35. The van der Waals surface area contributed by atoms with Crippen LogP contribution in [0.1, 0.15) is 56.9 Å². The van der Waals surface area contributed by atoms with Gasteiger partial charge >= 0.3 is 0 Å². The average molecular weight is 286 g/mol. The molecule has 1 aromatic carbocycles. The molecule has 3 atom stereocenters. The van der Waals surface area contributed by atoms with Crippen molar-refractivity contribution in [2.45, 2.75) is 69.5 Å². The largest absolute Gasteiger partial charge is 0.353 e. The van der Waals surface area contributed by atoms with E-state index in [0.717, 1.165) is 19.3 Å². The molecule has 2 fully saturated rings. The molecule has 0 radical (unpaired) electrons. The molecule has 2 saturated heterocycles. The zero-order valence-corrected chi connectivity index (χ0v) is 12.8. The summed E-state index contributed by atoms with van der Waals surface area (Å²) in [6.45, 7) is 2.16. The number of benzene rings is 1. The second-order valence-electron chi connectivity index (χ2n) is 6.59. The Morgan fingerprint density at radius 3 is 2.52 bits per heavy atom. The lowest BCUT2D eigenvalue weighted by molar-refractivity contribution is -0.122. The van der Waals surface area contributed by atoms with Gasteiger partial charge in [-0.15, -0.1) is 0 Å². The predicted molar refractivity (Wildman–Crippen MR) is 85.2 cm³/mol. The van der Waals surface area contributed by atoms with Crippen molar-refractivity contribution in [2.24, 2.45) is 0 Å². The van der Waals surface area contributed by atoms with E-state index in [1.807, 2.05) is 6.07 Å². The molecular formula is C18H26N2O. The molecule has 0 aliphatic carbocycles. The summed E-state index contributed by atoms with van der Waals surface area (Å²) in [5.41, 5.74) is 1.28. The average Bonchev–Trinajstić information content (AvgIpc) is 2.84. The fourth-order valence-electron chi connectivity index (χ4n) is 3.91. The highest BCUT2D eigenvalue weighted by Crippen LogP contribution is 2.27. The van der Waals surface area contributed by atoms with E-state index in [1.54, 1.807) is 0 Å². The van der Waals surface area contributed by atoms with Gasteiger partial charge in [-0.05, 0) is 43.6 Å². The maximum absolute atomic E-state index is 12.4. The molecule has 3 unspecified atom stereocenters. The highest BCUT2D eigenvalue weighted by molar-refractivity contribution is 5.77. The lowest BCUT2D eigenvalue weighted by Gasteiger charge is -2.30. The van der Waals surface area contributed by atoms with Crippen molar-refractivity contribution in [3.8, 4) is 0 Å². The molecule has 3 rings (SSSR count). The summed E-state index contributed by atoms with van der Waals surface area (Å²) in [5, 5.41) is 6.90. The van der Waals surface area contributed by atoms with E-state index in [-0.39, 0.29) is 5.91 Å². The number of amides is 1. The van der Waals surface area contributed by atoms with Crippen LogP contribution in [-0.4, -0.2) is 24.0 Å². The third-order valence-electron chi connectivity index (χ3n) is 5.03. The van der Waals surface area contributed by atoms with Crippen molar-refractivity contribution in [3.63, 3.8) is 0 Å². The quantitative estimate of drug-likeness (QED) is 0.873. The molecule has 3 nitrogen and oxygen atoms in total. The standard InChI is InChI=1S/C18H26N2O/c1-2-13(14-6-4-3-5-7-14)10-18(21)20-17-11-15-8-9-16(12-17)19-15/h3-7,13,15-17,19H,2,8-12H2,1H3,(H,20,21). The van der Waals surface area contributed by atoms with E-state index in [2.05, 4.69) is 41.8 Å². The van der Waals surface area contributed by atoms with Gasteiger partial charge in [0, 0.05) is 24.5 Å². The Kier molecular flexibility index (Phi) is 4.59. The Labute approximate surface area is 127 Å². The van der Waals surface area contributed by atoms with Gasteiger partial charge < -0.3 is 10.6 Å². The van der Waals surface area contributed by atoms with Crippen LogP contribution < -0.4 is 10.6 Å². The summed E-state index contributed by atoms with van der Waals surface area (Å²) >= 11 is 0. The van der Waals surface area contributed by atoms with E-state index in [9.17, 15) is 4.79 Å². The molecular weight excluding hydrogens is 260 g/mol. The molecule has 0 spiro atoms. The van der Waals surface area contributed by atoms with E-state index < -0.39 is 0 Å². The lowest BCUT2D eigenvalue weighted by atomic mass is 9.92. The topological polar surface area (TPSA) is 41.1 Å². The second-order valence-corrected chi connectivity index (χ2v) is 6.59. The fourth-order valence-corrected chi connectivity index (χ4v) is 3.91. The zero-order valence-electron chi connectivity index (χ0n) is 12.8. The van der Waals surface area contributed by atoms with Crippen LogP contribution in [0.4, 0.5) is 0 Å². The fraction of sp³-hybridized carbons (Fsp3) is 0.611. The summed E-state index contributed by atoms with van der Waals surface area (Å²) in [5.74, 6) is 0.557. The first kappa shape index (κ1) is 14.6. The monoisotopic (exact) mass is 286 g/mol. The molecule has 1 amide bonds. The van der Waals surface area contributed by atoms with Crippen molar-refractivity contribution < 1.29 is 4.79 Å². The molecule has 21 heavy (non-hydrogen) atoms. The number of piperidine rings is 1. The normalized spacial score (nSPS) is 29.1. The van der Waals surface area contributed by atoms with Gasteiger partial charge in [0.15, 0.2) is 0 Å². The Morgan fingerprint density at radius 1 is 1.24 bits per heavy atom.